The van der Waals surface area contributed by atoms with Crippen LogP contribution in [-0.2, 0) is 16.1 Å². The van der Waals surface area contributed by atoms with Gasteiger partial charge in [0.2, 0.25) is 0 Å². The normalized spacial score (nSPS) is 15.8. The number of nitrogens with zero attached hydrogens (tertiary/aromatic N) is 1. The van der Waals surface area contributed by atoms with Gasteiger partial charge in [-0.15, -0.1) is 0 Å². The number of carbonyl (C=O) groups excluding carboxylic acids is 1. The van der Waals surface area contributed by atoms with Crippen LogP contribution in [0.25, 0.3) is 11.1 Å². The van der Waals surface area contributed by atoms with Crippen molar-refractivity contribution in [3.63, 3.8) is 0 Å². The monoisotopic (exact) mass is 357 g/mol. The summed E-state index contributed by atoms with van der Waals surface area (Å²) in [6.07, 6.45) is 2.35. The van der Waals surface area contributed by atoms with Crippen LogP contribution in [0.1, 0.15) is 36.8 Å². The maximum Gasteiger partial charge on any atom is 0.312 e. The Bertz CT molecular complexity index is 800. The van der Waals surface area contributed by atoms with Gasteiger partial charge in [-0.25, -0.2) is 4.39 Å². The molecule has 3 rings (SSSR count). The molecule has 4 nitrogen and oxygen atoms in total. The molecule has 0 aromatic heterocycles. The summed E-state index contributed by atoms with van der Waals surface area (Å²) in [4.78, 5) is 13.9. The van der Waals surface area contributed by atoms with Crippen LogP contribution in [0.2, 0.25) is 0 Å². The minimum atomic E-state index is -0.519. The summed E-state index contributed by atoms with van der Waals surface area (Å²) in [6, 6.07) is 9.97. The number of phenols is 1. The Kier molecular flexibility index (Phi) is 5.57. The highest BCUT2D eigenvalue weighted by Crippen LogP contribution is 2.31. The Labute approximate surface area is 153 Å². The summed E-state index contributed by atoms with van der Waals surface area (Å²) >= 11 is 0. The highest BCUT2D eigenvalue weighted by atomic mass is 19.1. The molecule has 5 heteroatoms. The van der Waals surface area contributed by atoms with Gasteiger partial charge >= 0.3 is 5.97 Å². The van der Waals surface area contributed by atoms with E-state index in [1.54, 1.807) is 31.2 Å². The number of hydrogen-bond donors (Lipinski definition) is 1. The maximum absolute atomic E-state index is 14.7. The molecule has 2 aromatic rings. The number of rotatable bonds is 5. The molecule has 0 aliphatic carbocycles. The number of benzene rings is 2. The maximum atomic E-state index is 14.7. The number of phenolic OH excluding ortho intramolecular Hbond substituents is 1. The molecule has 0 saturated carbocycles. The standard InChI is InChI=1S/C21H24FNO3/c1-14(21(25)26-2)15-5-7-18(19(22)12-15)16-6-8-20(24)17(11-16)13-23-9-3-4-10-23/h5-8,11-12,14,24H,3-4,9-10,13H2,1-2H3. The molecule has 0 bridgehead atoms. The number of esters is 1. The van der Waals surface area contributed by atoms with E-state index in [4.69, 9.17) is 4.74 Å². The molecule has 138 valence electrons. The van der Waals surface area contributed by atoms with Gasteiger partial charge in [-0.2, -0.15) is 0 Å². The first-order chi connectivity index (χ1) is 12.5. The van der Waals surface area contributed by atoms with Gasteiger partial charge in [-0.05, 0) is 62.2 Å². The van der Waals surface area contributed by atoms with Crippen molar-refractivity contribution in [1.29, 1.82) is 0 Å². The smallest absolute Gasteiger partial charge is 0.312 e. The molecule has 1 aliphatic rings. The van der Waals surface area contributed by atoms with E-state index in [0.29, 0.717) is 23.2 Å². The van der Waals surface area contributed by atoms with Crippen LogP contribution in [0.5, 0.6) is 5.75 Å². The lowest BCUT2D eigenvalue weighted by Crippen LogP contribution is -2.18. The topological polar surface area (TPSA) is 49.8 Å². The highest BCUT2D eigenvalue weighted by Gasteiger charge is 2.19. The van der Waals surface area contributed by atoms with E-state index in [1.165, 1.54) is 26.0 Å². The van der Waals surface area contributed by atoms with Crippen molar-refractivity contribution in [1.82, 2.24) is 4.90 Å². The van der Waals surface area contributed by atoms with Gasteiger partial charge in [-0.3, -0.25) is 9.69 Å². The number of hydrogen-bond acceptors (Lipinski definition) is 4. The molecular formula is C21H24FNO3. The average Bonchev–Trinajstić information content (AvgIpc) is 3.15. The van der Waals surface area contributed by atoms with E-state index in [1.807, 2.05) is 6.07 Å². The number of halogens is 1. The van der Waals surface area contributed by atoms with Crippen molar-refractivity contribution < 1.29 is 19.0 Å². The zero-order valence-electron chi connectivity index (χ0n) is 15.2. The van der Waals surface area contributed by atoms with E-state index < -0.39 is 17.7 Å². The fourth-order valence-corrected chi connectivity index (χ4v) is 3.41. The van der Waals surface area contributed by atoms with Gasteiger partial charge in [0.05, 0.1) is 13.0 Å². The quantitative estimate of drug-likeness (QED) is 0.820. The number of methoxy groups -OCH3 is 1. The van der Waals surface area contributed by atoms with Crippen LogP contribution in [0, 0.1) is 5.82 Å². The molecule has 1 fully saturated rings. The van der Waals surface area contributed by atoms with Gasteiger partial charge in [0.1, 0.15) is 11.6 Å². The molecule has 1 heterocycles. The van der Waals surface area contributed by atoms with E-state index in [9.17, 15) is 14.3 Å². The minimum Gasteiger partial charge on any atom is -0.508 e. The van der Waals surface area contributed by atoms with Crippen LogP contribution in [0.3, 0.4) is 0 Å². The lowest BCUT2D eigenvalue weighted by molar-refractivity contribution is -0.141. The number of likely N-dealkylation sites (tertiary alicyclic amines) is 1. The molecule has 0 spiro atoms. The molecule has 0 radical (unpaired) electrons. The second-order valence-electron chi connectivity index (χ2n) is 6.81. The molecular weight excluding hydrogens is 333 g/mol. The average molecular weight is 357 g/mol. The third kappa shape index (κ3) is 3.88. The van der Waals surface area contributed by atoms with Crippen molar-refractivity contribution in [3.8, 4) is 16.9 Å². The summed E-state index contributed by atoms with van der Waals surface area (Å²) in [5.74, 6) is -1.07. The fourth-order valence-electron chi connectivity index (χ4n) is 3.41. The minimum absolute atomic E-state index is 0.233. The molecule has 0 amide bonds. The molecule has 2 aromatic carbocycles. The van der Waals surface area contributed by atoms with Crippen LogP contribution in [0.4, 0.5) is 4.39 Å². The molecule has 26 heavy (non-hydrogen) atoms. The Hall–Kier alpha value is -2.40. The van der Waals surface area contributed by atoms with Gasteiger partial charge in [0.15, 0.2) is 0 Å². The molecule has 1 N–H and O–H groups in total. The second-order valence-corrected chi connectivity index (χ2v) is 6.81. The number of carbonyl (C=O) groups is 1. The first kappa shape index (κ1) is 18.4. The Balaban J connectivity index is 1.87. The summed E-state index contributed by atoms with van der Waals surface area (Å²) < 4.78 is 19.4. The van der Waals surface area contributed by atoms with E-state index in [-0.39, 0.29) is 5.75 Å². The van der Waals surface area contributed by atoms with Gasteiger partial charge in [-0.1, -0.05) is 18.2 Å². The lowest BCUT2D eigenvalue weighted by atomic mass is 9.96. The zero-order chi connectivity index (χ0) is 18.7. The summed E-state index contributed by atoms with van der Waals surface area (Å²) in [5.41, 5.74) is 2.55. The van der Waals surface area contributed by atoms with Crippen LogP contribution < -0.4 is 0 Å². The van der Waals surface area contributed by atoms with Crippen molar-refractivity contribution in [2.45, 2.75) is 32.2 Å². The third-order valence-corrected chi connectivity index (χ3v) is 5.03. The van der Waals surface area contributed by atoms with Crippen LogP contribution >= 0.6 is 0 Å². The van der Waals surface area contributed by atoms with Crippen LogP contribution in [0.15, 0.2) is 36.4 Å². The van der Waals surface area contributed by atoms with Crippen molar-refractivity contribution in [3.05, 3.63) is 53.3 Å². The first-order valence-electron chi connectivity index (χ1n) is 8.91. The van der Waals surface area contributed by atoms with E-state index >= 15 is 0 Å². The van der Waals surface area contributed by atoms with Crippen molar-refractivity contribution >= 4 is 5.97 Å². The highest BCUT2D eigenvalue weighted by molar-refractivity contribution is 5.78. The summed E-state index contributed by atoms with van der Waals surface area (Å²) in [6.45, 7) is 4.41. The predicted octanol–water partition coefficient (Wildman–Crippen LogP) is 4.07. The Morgan fingerprint density at radius 3 is 2.62 bits per heavy atom. The van der Waals surface area contributed by atoms with Crippen molar-refractivity contribution in [2.75, 3.05) is 20.2 Å². The van der Waals surface area contributed by atoms with Gasteiger partial charge < -0.3 is 9.84 Å². The first-order valence-corrected chi connectivity index (χ1v) is 8.91. The zero-order valence-corrected chi connectivity index (χ0v) is 15.2. The Morgan fingerprint density at radius 1 is 1.23 bits per heavy atom. The summed E-state index contributed by atoms with van der Waals surface area (Å²) in [5, 5.41) is 10.1. The van der Waals surface area contributed by atoms with Crippen LogP contribution in [-0.4, -0.2) is 36.2 Å². The molecule has 1 saturated heterocycles. The molecule has 1 unspecified atom stereocenters. The lowest BCUT2D eigenvalue weighted by Gasteiger charge is -2.17. The largest absolute Gasteiger partial charge is 0.508 e. The van der Waals surface area contributed by atoms with Gasteiger partial charge in [0, 0.05) is 17.7 Å². The SMILES string of the molecule is COC(=O)C(C)c1ccc(-c2ccc(O)c(CN3CCCC3)c2)c(F)c1. The van der Waals surface area contributed by atoms with E-state index in [0.717, 1.165) is 18.7 Å². The summed E-state index contributed by atoms with van der Waals surface area (Å²) in [7, 11) is 1.32. The van der Waals surface area contributed by atoms with E-state index in [2.05, 4.69) is 4.90 Å². The molecule has 1 aliphatic heterocycles. The molecule has 1 atom stereocenters. The Morgan fingerprint density at radius 2 is 1.96 bits per heavy atom. The second kappa shape index (κ2) is 7.87. The van der Waals surface area contributed by atoms with Crippen molar-refractivity contribution in [2.24, 2.45) is 0 Å². The predicted molar refractivity (Wildman–Crippen MR) is 98.4 cm³/mol. The van der Waals surface area contributed by atoms with Gasteiger partial charge in [0.25, 0.3) is 0 Å². The third-order valence-electron chi connectivity index (χ3n) is 5.03. The number of aromatic hydroxyl groups is 1. The number of ether oxygens (including phenoxy) is 1. The fraction of sp³-hybridized carbons (Fsp3) is 0.381.